The van der Waals surface area contributed by atoms with Crippen molar-refractivity contribution in [3.8, 4) is 11.5 Å². The smallest absolute Gasteiger partial charge is 0.228 e. The third kappa shape index (κ3) is 5.04. The molecule has 0 bridgehead atoms. The molecule has 1 saturated heterocycles. The van der Waals surface area contributed by atoms with E-state index < -0.39 is 0 Å². The molecule has 2 aliphatic heterocycles. The van der Waals surface area contributed by atoms with Gasteiger partial charge >= 0.3 is 0 Å². The molecule has 0 radical (unpaired) electrons. The Morgan fingerprint density at radius 2 is 1.81 bits per heavy atom. The Labute approximate surface area is 179 Å². The summed E-state index contributed by atoms with van der Waals surface area (Å²) in [5, 5.41) is 6.51. The molecule has 0 unspecified atom stereocenters. The van der Waals surface area contributed by atoms with Gasteiger partial charge in [0.05, 0.1) is 0 Å². The standard InChI is InChI=1S/C22H25N3O6/c1-14-12-20(24-31-14)23-22(28)15-6-8-25(9-7-15)21(27)5-3-17(26)16-2-4-18-19(13-16)30-11-10-29-18/h2,4,12-13,15H,3,5-11H2,1H3,(H,23,24,28). The summed E-state index contributed by atoms with van der Waals surface area (Å²) in [5.41, 5.74) is 0.510. The molecule has 1 aromatic heterocycles. The number of likely N-dealkylation sites (tertiary alicyclic amines) is 1. The van der Waals surface area contributed by atoms with Crippen LogP contribution in [0.2, 0.25) is 0 Å². The lowest BCUT2D eigenvalue weighted by atomic mass is 9.95. The highest BCUT2D eigenvalue weighted by molar-refractivity contribution is 5.98. The summed E-state index contributed by atoms with van der Waals surface area (Å²) in [6, 6.07) is 6.75. The number of hydrogen-bond acceptors (Lipinski definition) is 7. The zero-order valence-electron chi connectivity index (χ0n) is 17.4. The SMILES string of the molecule is Cc1cc(NC(=O)C2CCN(C(=O)CCC(=O)c3ccc4c(c3)OCCO4)CC2)no1. The molecule has 0 saturated carbocycles. The first kappa shape index (κ1) is 20.9. The van der Waals surface area contributed by atoms with E-state index in [1.807, 2.05) is 0 Å². The molecule has 1 N–H and O–H groups in total. The summed E-state index contributed by atoms with van der Waals surface area (Å²) in [7, 11) is 0. The number of ketones is 1. The Balaban J connectivity index is 1.23. The van der Waals surface area contributed by atoms with Gasteiger partial charge in [0.25, 0.3) is 0 Å². The Morgan fingerprint density at radius 1 is 1.06 bits per heavy atom. The zero-order chi connectivity index (χ0) is 21.8. The number of anilines is 1. The van der Waals surface area contributed by atoms with Crippen LogP contribution in [-0.2, 0) is 9.59 Å². The Bertz CT molecular complexity index is 977. The summed E-state index contributed by atoms with van der Waals surface area (Å²) >= 11 is 0. The van der Waals surface area contributed by atoms with E-state index in [4.69, 9.17) is 14.0 Å². The van der Waals surface area contributed by atoms with E-state index in [-0.39, 0.29) is 36.4 Å². The van der Waals surface area contributed by atoms with Crippen molar-refractivity contribution in [1.29, 1.82) is 0 Å². The van der Waals surface area contributed by atoms with Crippen molar-refractivity contribution < 1.29 is 28.4 Å². The second-order valence-electron chi connectivity index (χ2n) is 7.75. The van der Waals surface area contributed by atoms with Gasteiger partial charge in [0.2, 0.25) is 11.8 Å². The molecule has 9 nitrogen and oxygen atoms in total. The number of aryl methyl sites for hydroxylation is 1. The molecule has 2 aromatic rings. The van der Waals surface area contributed by atoms with Gasteiger partial charge in [-0.15, -0.1) is 0 Å². The van der Waals surface area contributed by atoms with E-state index >= 15 is 0 Å². The number of ether oxygens (including phenoxy) is 2. The van der Waals surface area contributed by atoms with Crippen molar-refractivity contribution in [2.24, 2.45) is 5.92 Å². The Kier molecular flexibility index (Phi) is 6.20. The van der Waals surface area contributed by atoms with E-state index in [9.17, 15) is 14.4 Å². The molecule has 31 heavy (non-hydrogen) atoms. The first-order valence-electron chi connectivity index (χ1n) is 10.4. The fraction of sp³-hybridized carbons (Fsp3) is 0.455. The summed E-state index contributed by atoms with van der Waals surface area (Å²) in [4.78, 5) is 39.1. The average Bonchev–Trinajstić information content (AvgIpc) is 3.21. The first-order valence-corrected chi connectivity index (χ1v) is 10.4. The van der Waals surface area contributed by atoms with Crippen LogP contribution in [-0.4, -0.2) is 54.0 Å². The molecule has 0 spiro atoms. The van der Waals surface area contributed by atoms with E-state index in [0.717, 1.165) is 0 Å². The summed E-state index contributed by atoms with van der Waals surface area (Å²) in [5.74, 6) is 1.74. The van der Waals surface area contributed by atoms with E-state index in [0.29, 0.717) is 67.8 Å². The number of nitrogens with zero attached hydrogens (tertiary/aromatic N) is 2. The number of piperidine rings is 1. The highest BCUT2D eigenvalue weighted by Crippen LogP contribution is 2.31. The van der Waals surface area contributed by atoms with Crippen molar-refractivity contribution in [3.05, 3.63) is 35.6 Å². The van der Waals surface area contributed by atoms with Crippen molar-refractivity contribution in [2.75, 3.05) is 31.6 Å². The molecule has 0 aliphatic carbocycles. The number of rotatable bonds is 6. The normalized spacial score (nSPS) is 16.1. The van der Waals surface area contributed by atoms with Crippen molar-refractivity contribution in [3.63, 3.8) is 0 Å². The lowest BCUT2D eigenvalue weighted by Gasteiger charge is -2.31. The largest absolute Gasteiger partial charge is 0.486 e. The third-order valence-electron chi connectivity index (χ3n) is 5.53. The van der Waals surface area contributed by atoms with Crippen molar-refractivity contribution in [1.82, 2.24) is 10.1 Å². The maximum absolute atomic E-state index is 12.5. The second-order valence-corrected chi connectivity index (χ2v) is 7.75. The maximum Gasteiger partial charge on any atom is 0.228 e. The van der Waals surface area contributed by atoms with E-state index in [1.165, 1.54) is 0 Å². The number of Topliss-reactive ketones (excluding diaryl/α,β-unsaturated/α-hetero) is 1. The summed E-state index contributed by atoms with van der Waals surface area (Å²) in [6.07, 6.45) is 1.42. The first-order chi connectivity index (χ1) is 15.0. The average molecular weight is 427 g/mol. The minimum Gasteiger partial charge on any atom is -0.486 e. The molecule has 4 rings (SSSR count). The monoisotopic (exact) mass is 427 g/mol. The number of nitrogens with one attached hydrogen (secondary N) is 1. The van der Waals surface area contributed by atoms with Gasteiger partial charge in [-0.2, -0.15) is 0 Å². The molecule has 164 valence electrons. The lowest BCUT2D eigenvalue weighted by molar-refractivity contribution is -0.134. The molecule has 1 fully saturated rings. The number of benzene rings is 1. The zero-order valence-corrected chi connectivity index (χ0v) is 17.4. The number of aromatic nitrogens is 1. The molecule has 1 aromatic carbocycles. The molecular formula is C22H25N3O6. The van der Waals surface area contributed by atoms with Crippen LogP contribution in [0, 0.1) is 12.8 Å². The number of carbonyl (C=O) groups excluding carboxylic acids is 3. The highest BCUT2D eigenvalue weighted by atomic mass is 16.6. The van der Waals surface area contributed by atoms with Gasteiger partial charge in [-0.3, -0.25) is 14.4 Å². The molecule has 2 aliphatic rings. The van der Waals surface area contributed by atoms with Crippen molar-refractivity contribution >= 4 is 23.4 Å². The predicted octanol–water partition coefficient (Wildman–Crippen LogP) is 2.59. The van der Waals surface area contributed by atoms with Gasteiger partial charge in [0, 0.05) is 43.5 Å². The van der Waals surface area contributed by atoms with Gasteiger partial charge < -0.3 is 24.2 Å². The molecule has 0 atom stereocenters. The van der Waals surface area contributed by atoms with Gasteiger partial charge in [-0.1, -0.05) is 5.16 Å². The Morgan fingerprint density at radius 3 is 2.52 bits per heavy atom. The quantitative estimate of drug-likeness (QED) is 0.706. The third-order valence-corrected chi connectivity index (χ3v) is 5.53. The fourth-order valence-corrected chi connectivity index (χ4v) is 3.78. The van der Waals surface area contributed by atoms with Gasteiger partial charge in [-0.05, 0) is 38.0 Å². The van der Waals surface area contributed by atoms with Gasteiger partial charge in [-0.25, -0.2) is 0 Å². The minimum atomic E-state index is -0.180. The van der Waals surface area contributed by atoms with Gasteiger partial charge in [0.1, 0.15) is 19.0 Å². The lowest BCUT2D eigenvalue weighted by Crippen LogP contribution is -2.41. The van der Waals surface area contributed by atoms with Crippen LogP contribution in [0.5, 0.6) is 11.5 Å². The summed E-state index contributed by atoms with van der Waals surface area (Å²) in [6.45, 7) is 3.69. The van der Waals surface area contributed by atoms with Crippen LogP contribution >= 0.6 is 0 Å². The van der Waals surface area contributed by atoms with Crippen molar-refractivity contribution in [2.45, 2.75) is 32.6 Å². The summed E-state index contributed by atoms with van der Waals surface area (Å²) < 4.78 is 15.9. The number of hydrogen-bond donors (Lipinski definition) is 1. The van der Waals surface area contributed by atoms with Crippen LogP contribution in [0.15, 0.2) is 28.8 Å². The fourth-order valence-electron chi connectivity index (χ4n) is 3.78. The van der Waals surface area contributed by atoms with E-state index in [1.54, 1.807) is 36.1 Å². The van der Waals surface area contributed by atoms with Crippen LogP contribution in [0.3, 0.4) is 0 Å². The maximum atomic E-state index is 12.5. The predicted molar refractivity (Wildman–Crippen MR) is 110 cm³/mol. The van der Waals surface area contributed by atoms with Crippen LogP contribution < -0.4 is 14.8 Å². The number of amides is 2. The molecule has 3 heterocycles. The Hall–Kier alpha value is -3.36. The minimum absolute atomic E-state index is 0.0723. The van der Waals surface area contributed by atoms with Crippen LogP contribution in [0.4, 0.5) is 5.82 Å². The number of fused-ring (bicyclic) bond motifs is 1. The van der Waals surface area contributed by atoms with Crippen LogP contribution in [0.25, 0.3) is 0 Å². The molecule has 2 amide bonds. The number of carbonyl (C=O) groups is 3. The van der Waals surface area contributed by atoms with Crippen LogP contribution in [0.1, 0.15) is 41.8 Å². The van der Waals surface area contributed by atoms with E-state index in [2.05, 4.69) is 10.5 Å². The molecule has 9 heteroatoms. The molecular weight excluding hydrogens is 402 g/mol. The van der Waals surface area contributed by atoms with Gasteiger partial charge in [0.15, 0.2) is 23.1 Å². The second kappa shape index (κ2) is 9.20. The highest BCUT2D eigenvalue weighted by Gasteiger charge is 2.28. The topological polar surface area (TPSA) is 111 Å².